The molecule has 0 saturated heterocycles. The summed E-state index contributed by atoms with van der Waals surface area (Å²) < 4.78 is 5.00. The molecule has 0 heterocycles. The first-order chi connectivity index (χ1) is 8.08. The van der Waals surface area contributed by atoms with Gasteiger partial charge in [0.2, 0.25) is 5.91 Å². The van der Waals surface area contributed by atoms with Gasteiger partial charge in [0, 0.05) is 26.6 Å². The van der Waals surface area contributed by atoms with Crippen LogP contribution in [0.3, 0.4) is 0 Å². The molecule has 0 aliphatic rings. The quantitative estimate of drug-likeness (QED) is 0.792. The molecule has 1 amide bonds. The van der Waals surface area contributed by atoms with Crippen molar-refractivity contribution in [2.45, 2.75) is 13.0 Å². The second-order valence-electron chi connectivity index (χ2n) is 3.79. The number of methoxy groups -OCH3 is 1. The van der Waals surface area contributed by atoms with Crippen molar-refractivity contribution in [1.82, 2.24) is 4.90 Å². The van der Waals surface area contributed by atoms with Crippen molar-refractivity contribution in [3.05, 3.63) is 23.8 Å². The van der Waals surface area contributed by atoms with Gasteiger partial charge >= 0.3 is 0 Å². The number of phenols is 1. The van der Waals surface area contributed by atoms with Crippen LogP contribution in [0.5, 0.6) is 11.5 Å². The first-order valence-corrected chi connectivity index (χ1v) is 5.38. The highest BCUT2D eigenvalue weighted by Gasteiger charge is 2.09. The molecule has 94 valence electrons. The average Bonchev–Trinajstić information content (AvgIpc) is 2.31. The zero-order chi connectivity index (χ0) is 12.8. The predicted molar refractivity (Wildman–Crippen MR) is 64.8 cm³/mol. The van der Waals surface area contributed by atoms with Crippen molar-refractivity contribution in [3.8, 4) is 11.5 Å². The lowest BCUT2D eigenvalue weighted by Gasteiger charge is -2.17. The van der Waals surface area contributed by atoms with E-state index in [2.05, 4.69) is 0 Å². The minimum atomic E-state index is -0.000424. The molecule has 0 unspecified atom stereocenters. The number of nitrogens with zero attached hydrogens (tertiary/aromatic N) is 1. The molecular weight excluding hydrogens is 220 g/mol. The van der Waals surface area contributed by atoms with Crippen LogP contribution in [-0.2, 0) is 11.3 Å². The smallest absolute Gasteiger partial charge is 0.223 e. The van der Waals surface area contributed by atoms with Crippen molar-refractivity contribution < 1.29 is 14.6 Å². The summed E-state index contributed by atoms with van der Waals surface area (Å²) in [6, 6.07) is 5.01. The van der Waals surface area contributed by atoms with Gasteiger partial charge in [-0.2, -0.15) is 0 Å². The lowest BCUT2D eigenvalue weighted by Crippen LogP contribution is -2.27. The molecule has 5 heteroatoms. The molecular formula is C12H18N2O3. The van der Waals surface area contributed by atoms with E-state index in [4.69, 9.17) is 10.5 Å². The Bertz CT molecular complexity index is 393. The van der Waals surface area contributed by atoms with Crippen LogP contribution in [0.15, 0.2) is 18.2 Å². The summed E-state index contributed by atoms with van der Waals surface area (Å²) in [6.45, 7) is 0.817. The number of phenolic OH excluding ortho intramolecular Hbond substituents is 1. The number of nitrogens with two attached hydrogens (primary N) is 1. The van der Waals surface area contributed by atoms with E-state index in [-0.39, 0.29) is 11.7 Å². The van der Waals surface area contributed by atoms with Crippen molar-refractivity contribution in [2.75, 3.05) is 20.7 Å². The SMILES string of the molecule is COc1cc(CN(C)C(=O)CCN)ccc1O. The number of carbonyl (C=O) groups excluding carboxylic acids is 1. The number of amides is 1. The van der Waals surface area contributed by atoms with Gasteiger partial charge in [0.15, 0.2) is 11.5 Å². The van der Waals surface area contributed by atoms with Crippen LogP contribution in [-0.4, -0.2) is 36.6 Å². The Morgan fingerprint density at radius 2 is 2.24 bits per heavy atom. The molecule has 1 aromatic carbocycles. The number of hydrogen-bond acceptors (Lipinski definition) is 4. The third-order valence-electron chi connectivity index (χ3n) is 2.45. The largest absolute Gasteiger partial charge is 0.504 e. The van der Waals surface area contributed by atoms with Crippen molar-refractivity contribution in [3.63, 3.8) is 0 Å². The minimum Gasteiger partial charge on any atom is -0.504 e. The standard InChI is InChI=1S/C12H18N2O3/c1-14(12(16)5-6-13)8-9-3-4-10(15)11(7-9)17-2/h3-4,7,15H,5-6,8,13H2,1-2H3. The number of carbonyl (C=O) groups is 1. The zero-order valence-corrected chi connectivity index (χ0v) is 10.1. The highest BCUT2D eigenvalue weighted by molar-refractivity contribution is 5.76. The molecule has 0 aliphatic carbocycles. The molecule has 0 fully saturated rings. The van der Waals surface area contributed by atoms with Crippen molar-refractivity contribution in [2.24, 2.45) is 5.73 Å². The minimum absolute atomic E-state index is 0.000424. The number of aromatic hydroxyl groups is 1. The van der Waals surface area contributed by atoms with E-state index in [9.17, 15) is 9.90 Å². The van der Waals surface area contributed by atoms with Gasteiger partial charge in [0.1, 0.15) is 0 Å². The van der Waals surface area contributed by atoms with Crippen LogP contribution in [0.4, 0.5) is 0 Å². The molecule has 1 aromatic rings. The Balaban J connectivity index is 2.71. The van der Waals surface area contributed by atoms with Crippen LogP contribution in [0.25, 0.3) is 0 Å². The molecule has 5 nitrogen and oxygen atoms in total. The van der Waals surface area contributed by atoms with Gasteiger partial charge in [-0.3, -0.25) is 4.79 Å². The summed E-state index contributed by atoms with van der Waals surface area (Å²) in [5.74, 6) is 0.494. The van der Waals surface area contributed by atoms with Crippen LogP contribution < -0.4 is 10.5 Å². The summed E-state index contributed by atoms with van der Waals surface area (Å²) in [5, 5.41) is 9.44. The molecule has 17 heavy (non-hydrogen) atoms. The first-order valence-electron chi connectivity index (χ1n) is 5.38. The average molecular weight is 238 g/mol. The van der Waals surface area contributed by atoms with Crippen LogP contribution >= 0.6 is 0 Å². The molecule has 0 spiro atoms. The highest BCUT2D eigenvalue weighted by atomic mass is 16.5. The number of benzene rings is 1. The van der Waals surface area contributed by atoms with E-state index >= 15 is 0 Å². The van der Waals surface area contributed by atoms with Crippen LogP contribution in [0, 0.1) is 0 Å². The van der Waals surface area contributed by atoms with Crippen LogP contribution in [0.1, 0.15) is 12.0 Å². The van der Waals surface area contributed by atoms with Gasteiger partial charge in [0.25, 0.3) is 0 Å². The first kappa shape index (κ1) is 13.3. The summed E-state index contributed by atoms with van der Waals surface area (Å²) in [4.78, 5) is 13.1. The fourth-order valence-electron chi connectivity index (χ4n) is 1.50. The van der Waals surface area contributed by atoms with Gasteiger partial charge in [-0.05, 0) is 17.7 Å². The molecule has 0 bridgehead atoms. The maximum absolute atomic E-state index is 11.5. The number of ether oxygens (including phenoxy) is 1. The Morgan fingerprint density at radius 3 is 2.82 bits per heavy atom. The van der Waals surface area contributed by atoms with E-state index in [1.54, 1.807) is 30.1 Å². The maximum atomic E-state index is 11.5. The second kappa shape index (κ2) is 6.10. The summed E-state index contributed by atoms with van der Waals surface area (Å²) in [7, 11) is 3.21. The monoisotopic (exact) mass is 238 g/mol. The Morgan fingerprint density at radius 1 is 1.53 bits per heavy atom. The van der Waals surface area contributed by atoms with Gasteiger partial charge in [-0.1, -0.05) is 6.07 Å². The molecule has 1 rings (SSSR count). The van der Waals surface area contributed by atoms with E-state index in [1.165, 1.54) is 7.11 Å². The molecule has 0 saturated carbocycles. The lowest BCUT2D eigenvalue weighted by molar-refractivity contribution is -0.130. The molecule has 0 radical (unpaired) electrons. The number of hydrogen-bond donors (Lipinski definition) is 2. The Hall–Kier alpha value is -1.75. The Kier molecular flexibility index (Phi) is 4.78. The van der Waals surface area contributed by atoms with Gasteiger partial charge in [-0.15, -0.1) is 0 Å². The molecule has 0 atom stereocenters. The topological polar surface area (TPSA) is 75.8 Å². The van der Waals surface area contributed by atoms with Gasteiger partial charge < -0.3 is 20.5 Å². The summed E-state index contributed by atoms with van der Waals surface area (Å²) >= 11 is 0. The molecule has 3 N–H and O–H groups in total. The molecule has 0 aliphatic heterocycles. The fourth-order valence-corrected chi connectivity index (χ4v) is 1.50. The predicted octanol–water partition coefficient (Wildman–Crippen LogP) is 0.708. The van der Waals surface area contributed by atoms with Crippen molar-refractivity contribution >= 4 is 5.91 Å². The number of rotatable bonds is 5. The van der Waals surface area contributed by atoms with E-state index in [1.807, 2.05) is 0 Å². The summed E-state index contributed by atoms with van der Waals surface area (Å²) in [5.41, 5.74) is 6.22. The van der Waals surface area contributed by atoms with E-state index in [0.29, 0.717) is 25.3 Å². The summed E-state index contributed by atoms with van der Waals surface area (Å²) in [6.07, 6.45) is 0.339. The second-order valence-corrected chi connectivity index (χ2v) is 3.79. The third kappa shape index (κ3) is 3.64. The van der Waals surface area contributed by atoms with E-state index < -0.39 is 0 Å². The normalized spacial score (nSPS) is 10.1. The molecule has 0 aromatic heterocycles. The van der Waals surface area contributed by atoms with Gasteiger partial charge in [0.05, 0.1) is 7.11 Å². The Labute approximate surface area is 101 Å². The zero-order valence-electron chi connectivity index (χ0n) is 10.1. The fraction of sp³-hybridized carbons (Fsp3) is 0.417. The third-order valence-corrected chi connectivity index (χ3v) is 2.45. The van der Waals surface area contributed by atoms with E-state index in [0.717, 1.165) is 5.56 Å². The van der Waals surface area contributed by atoms with Crippen molar-refractivity contribution in [1.29, 1.82) is 0 Å². The van der Waals surface area contributed by atoms with Crippen LogP contribution in [0.2, 0.25) is 0 Å². The maximum Gasteiger partial charge on any atom is 0.223 e. The van der Waals surface area contributed by atoms with Gasteiger partial charge in [-0.25, -0.2) is 0 Å². The lowest BCUT2D eigenvalue weighted by atomic mass is 10.2. The highest BCUT2D eigenvalue weighted by Crippen LogP contribution is 2.26.